The lowest BCUT2D eigenvalue weighted by Crippen LogP contribution is -2.29. The monoisotopic (exact) mass is 319 g/mol. The van der Waals surface area contributed by atoms with Crippen molar-refractivity contribution in [3.05, 3.63) is 47.2 Å². The summed E-state index contributed by atoms with van der Waals surface area (Å²) in [6.07, 6.45) is 4.31. The second-order valence-corrected chi connectivity index (χ2v) is 5.73. The van der Waals surface area contributed by atoms with Crippen molar-refractivity contribution in [2.75, 3.05) is 19.7 Å². The Kier molecular flexibility index (Phi) is 4.34. The number of hydrogen-bond acceptors (Lipinski definition) is 3. The van der Waals surface area contributed by atoms with Crippen LogP contribution in [-0.2, 0) is 0 Å². The lowest BCUT2D eigenvalue weighted by molar-refractivity contribution is 0.0786. The minimum absolute atomic E-state index is 0.0299. The summed E-state index contributed by atoms with van der Waals surface area (Å²) in [4.78, 5) is 14.5. The highest BCUT2D eigenvalue weighted by Crippen LogP contribution is 2.24. The van der Waals surface area contributed by atoms with E-state index in [1.165, 1.54) is 0 Å². The zero-order valence-electron chi connectivity index (χ0n) is 12.4. The van der Waals surface area contributed by atoms with E-state index in [2.05, 4.69) is 5.10 Å². The van der Waals surface area contributed by atoms with Gasteiger partial charge in [0, 0.05) is 24.8 Å². The first-order chi connectivity index (χ1) is 10.7. The minimum atomic E-state index is 0.0299. The topological polar surface area (TPSA) is 47.4 Å². The van der Waals surface area contributed by atoms with Crippen LogP contribution in [0.2, 0.25) is 5.02 Å². The number of aromatic nitrogens is 2. The number of nitrogens with zero attached hydrogens (tertiary/aromatic N) is 3. The third-order valence-electron chi connectivity index (χ3n) is 3.79. The molecule has 1 aliphatic heterocycles. The highest BCUT2D eigenvalue weighted by Gasteiger charge is 2.28. The normalized spacial score (nSPS) is 17.7. The predicted molar refractivity (Wildman–Crippen MR) is 84.4 cm³/mol. The smallest absolute Gasteiger partial charge is 0.254 e. The number of ether oxygens (including phenoxy) is 1. The lowest BCUT2D eigenvalue weighted by atomic mass is 10.2. The summed E-state index contributed by atoms with van der Waals surface area (Å²) in [5.41, 5.74) is 0.657. The van der Waals surface area contributed by atoms with E-state index in [4.69, 9.17) is 16.3 Å². The number of carbonyl (C=O) groups excluding carboxylic acids is 1. The quantitative estimate of drug-likeness (QED) is 0.870. The zero-order valence-corrected chi connectivity index (χ0v) is 13.2. The highest BCUT2D eigenvalue weighted by molar-refractivity contribution is 6.30. The molecule has 116 valence electrons. The Morgan fingerprint density at radius 1 is 1.50 bits per heavy atom. The van der Waals surface area contributed by atoms with Crippen LogP contribution >= 0.6 is 11.6 Å². The Hall–Kier alpha value is -2.01. The maximum absolute atomic E-state index is 12.6. The summed E-state index contributed by atoms with van der Waals surface area (Å²) >= 11 is 5.90. The van der Waals surface area contributed by atoms with E-state index >= 15 is 0 Å². The van der Waals surface area contributed by atoms with Crippen molar-refractivity contribution in [1.82, 2.24) is 14.7 Å². The Morgan fingerprint density at radius 2 is 2.36 bits per heavy atom. The van der Waals surface area contributed by atoms with Crippen molar-refractivity contribution in [3.63, 3.8) is 0 Å². The third kappa shape index (κ3) is 3.09. The molecule has 0 spiro atoms. The zero-order chi connectivity index (χ0) is 15.5. The van der Waals surface area contributed by atoms with Gasteiger partial charge in [0.05, 0.1) is 23.9 Å². The van der Waals surface area contributed by atoms with Gasteiger partial charge in [0.15, 0.2) is 0 Å². The van der Waals surface area contributed by atoms with Crippen molar-refractivity contribution in [2.45, 2.75) is 19.4 Å². The van der Waals surface area contributed by atoms with Gasteiger partial charge in [-0.25, -0.2) is 0 Å². The van der Waals surface area contributed by atoms with Gasteiger partial charge in [-0.15, -0.1) is 0 Å². The van der Waals surface area contributed by atoms with Crippen molar-refractivity contribution < 1.29 is 9.53 Å². The number of rotatable bonds is 4. The van der Waals surface area contributed by atoms with Gasteiger partial charge < -0.3 is 9.64 Å². The van der Waals surface area contributed by atoms with E-state index in [-0.39, 0.29) is 11.9 Å². The van der Waals surface area contributed by atoms with Crippen LogP contribution in [0.5, 0.6) is 5.75 Å². The van der Waals surface area contributed by atoms with Gasteiger partial charge in [0.25, 0.3) is 5.91 Å². The summed E-state index contributed by atoms with van der Waals surface area (Å²) < 4.78 is 7.29. The van der Waals surface area contributed by atoms with Gasteiger partial charge >= 0.3 is 0 Å². The molecule has 1 unspecified atom stereocenters. The molecular formula is C16H18ClN3O2. The average Bonchev–Trinajstić information content (AvgIpc) is 3.16. The van der Waals surface area contributed by atoms with Crippen LogP contribution in [0, 0.1) is 0 Å². The van der Waals surface area contributed by atoms with Gasteiger partial charge in [-0.3, -0.25) is 9.48 Å². The van der Waals surface area contributed by atoms with Gasteiger partial charge in [-0.1, -0.05) is 17.7 Å². The molecule has 0 radical (unpaired) electrons. The Morgan fingerprint density at radius 3 is 3.09 bits per heavy atom. The molecule has 0 aliphatic carbocycles. The molecule has 1 aromatic heterocycles. The van der Waals surface area contributed by atoms with Crippen LogP contribution in [-0.4, -0.2) is 40.3 Å². The number of halogens is 1. The van der Waals surface area contributed by atoms with Crippen molar-refractivity contribution in [2.24, 2.45) is 0 Å². The van der Waals surface area contributed by atoms with Crippen molar-refractivity contribution in [3.8, 4) is 5.75 Å². The van der Waals surface area contributed by atoms with Crippen LogP contribution in [0.15, 0.2) is 36.7 Å². The standard InChI is InChI=1S/C16H18ClN3O2/c1-2-22-15-5-3-4-12(8-15)16(21)19-7-6-14(11-19)20-10-13(17)9-18-20/h3-5,8-10,14H,2,6-7,11H2,1H3. The molecule has 1 fully saturated rings. The maximum atomic E-state index is 12.6. The molecule has 2 aromatic rings. The number of benzene rings is 1. The molecule has 22 heavy (non-hydrogen) atoms. The van der Waals surface area contributed by atoms with Gasteiger partial charge in [0.1, 0.15) is 5.75 Å². The molecule has 0 bridgehead atoms. The summed E-state index contributed by atoms with van der Waals surface area (Å²) in [7, 11) is 0. The summed E-state index contributed by atoms with van der Waals surface area (Å²) in [5.74, 6) is 0.755. The molecule has 1 atom stereocenters. The van der Waals surface area contributed by atoms with E-state index in [0.717, 1.165) is 18.7 Å². The van der Waals surface area contributed by atoms with E-state index in [1.807, 2.05) is 34.7 Å². The molecule has 1 aromatic carbocycles. The predicted octanol–water partition coefficient (Wildman–Crippen LogP) is 3.02. The second kappa shape index (κ2) is 6.40. The maximum Gasteiger partial charge on any atom is 0.254 e. The molecule has 0 saturated carbocycles. The SMILES string of the molecule is CCOc1cccc(C(=O)N2CCC(n3cc(Cl)cn3)C2)c1. The van der Waals surface area contributed by atoms with Crippen LogP contribution in [0.4, 0.5) is 0 Å². The molecule has 6 heteroatoms. The number of likely N-dealkylation sites (tertiary alicyclic amines) is 1. The highest BCUT2D eigenvalue weighted by atomic mass is 35.5. The first-order valence-corrected chi connectivity index (χ1v) is 7.77. The van der Waals surface area contributed by atoms with Crippen LogP contribution < -0.4 is 4.74 Å². The van der Waals surface area contributed by atoms with Crippen LogP contribution in [0.3, 0.4) is 0 Å². The fourth-order valence-electron chi connectivity index (χ4n) is 2.72. The Labute approximate surface area is 134 Å². The fourth-order valence-corrected chi connectivity index (χ4v) is 2.87. The van der Waals surface area contributed by atoms with Gasteiger partial charge in [-0.05, 0) is 31.5 Å². The first kappa shape index (κ1) is 14.9. The summed E-state index contributed by atoms with van der Waals surface area (Å²) in [5, 5.41) is 4.85. The van der Waals surface area contributed by atoms with E-state index in [1.54, 1.807) is 18.5 Å². The van der Waals surface area contributed by atoms with E-state index in [0.29, 0.717) is 23.7 Å². The molecular weight excluding hydrogens is 302 g/mol. The van der Waals surface area contributed by atoms with E-state index in [9.17, 15) is 4.79 Å². The molecule has 1 saturated heterocycles. The van der Waals surface area contributed by atoms with Gasteiger partial charge in [-0.2, -0.15) is 5.10 Å². The first-order valence-electron chi connectivity index (χ1n) is 7.39. The molecule has 2 heterocycles. The average molecular weight is 320 g/mol. The second-order valence-electron chi connectivity index (χ2n) is 5.29. The van der Waals surface area contributed by atoms with Crippen LogP contribution in [0.25, 0.3) is 0 Å². The molecule has 1 amide bonds. The van der Waals surface area contributed by atoms with Crippen molar-refractivity contribution in [1.29, 1.82) is 0 Å². The number of hydrogen-bond donors (Lipinski definition) is 0. The largest absolute Gasteiger partial charge is 0.494 e. The number of carbonyl (C=O) groups is 1. The summed E-state index contributed by atoms with van der Waals surface area (Å²) in [6.45, 7) is 3.88. The fraction of sp³-hybridized carbons (Fsp3) is 0.375. The molecule has 1 aliphatic rings. The minimum Gasteiger partial charge on any atom is -0.494 e. The lowest BCUT2D eigenvalue weighted by Gasteiger charge is -2.17. The molecule has 0 N–H and O–H groups in total. The van der Waals surface area contributed by atoms with Gasteiger partial charge in [0.2, 0.25) is 0 Å². The van der Waals surface area contributed by atoms with Crippen molar-refractivity contribution >= 4 is 17.5 Å². The van der Waals surface area contributed by atoms with E-state index < -0.39 is 0 Å². The Bertz CT molecular complexity index is 671. The molecule has 3 rings (SSSR count). The molecule has 5 nitrogen and oxygen atoms in total. The summed E-state index contributed by atoms with van der Waals surface area (Å²) in [6, 6.07) is 7.51. The van der Waals surface area contributed by atoms with Crippen LogP contribution in [0.1, 0.15) is 29.7 Å². The Balaban J connectivity index is 1.70. The third-order valence-corrected chi connectivity index (χ3v) is 3.98. The number of amides is 1.